The summed E-state index contributed by atoms with van der Waals surface area (Å²) >= 11 is 0. The molecule has 1 N–H and O–H groups in total. The number of methoxy groups -OCH3 is 1. The quantitative estimate of drug-likeness (QED) is 0.335. The Labute approximate surface area is 194 Å². The van der Waals surface area contributed by atoms with Crippen LogP contribution in [0.4, 0.5) is 4.39 Å². The van der Waals surface area contributed by atoms with Crippen molar-refractivity contribution in [3.05, 3.63) is 93.4 Å². The highest BCUT2D eigenvalue weighted by molar-refractivity contribution is 6.02. The molecule has 0 spiro atoms. The predicted octanol–water partition coefficient (Wildman–Crippen LogP) is 4.03. The normalized spacial score (nSPS) is 15.9. The number of esters is 2. The Kier molecular flexibility index (Phi) is 6.32. The first-order valence-electron chi connectivity index (χ1n) is 10.5. The third-order valence-electron chi connectivity index (χ3n) is 5.68. The lowest BCUT2D eigenvalue weighted by Crippen LogP contribution is -2.34. The predicted molar refractivity (Wildman–Crippen MR) is 125 cm³/mol. The summed E-state index contributed by atoms with van der Waals surface area (Å²) in [5, 5.41) is 3.44. The Hall–Kier alpha value is -4.20. The van der Waals surface area contributed by atoms with Crippen LogP contribution in [0.1, 0.15) is 18.4 Å². The number of carbonyl (C=O) groups is 2. The van der Waals surface area contributed by atoms with Crippen molar-refractivity contribution in [1.82, 2.24) is 5.32 Å². The van der Waals surface area contributed by atoms with E-state index in [4.69, 9.17) is 13.9 Å². The van der Waals surface area contributed by atoms with Gasteiger partial charge in [0, 0.05) is 11.3 Å². The number of fused-ring (bicyclic) bond motifs is 2. The van der Waals surface area contributed by atoms with E-state index in [0.717, 1.165) is 0 Å². The zero-order chi connectivity index (χ0) is 24.4. The molecule has 1 unspecified atom stereocenters. The third kappa shape index (κ3) is 3.77. The molecule has 0 saturated carbocycles. The number of para-hydroxylation sites is 2. The van der Waals surface area contributed by atoms with Crippen LogP contribution in [0.2, 0.25) is 0 Å². The molecule has 0 bridgehead atoms. The maximum atomic E-state index is 14.1. The molecule has 174 valence electrons. The van der Waals surface area contributed by atoms with E-state index in [-0.39, 0.29) is 39.8 Å². The van der Waals surface area contributed by atoms with E-state index in [0.29, 0.717) is 22.2 Å². The summed E-state index contributed by atoms with van der Waals surface area (Å²) in [5.41, 5.74) is 0.810. The second-order valence-corrected chi connectivity index (χ2v) is 7.65. The minimum atomic E-state index is -1.11. The number of hydrogen-bond donors (Lipinski definition) is 1. The molecule has 1 aromatic heterocycles. The maximum Gasteiger partial charge on any atom is 0.337 e. The van der Waals surface area contributed by atoms with Crippen molar-refractivity contribution >= 4 is 33.9 Å². The molecule has 34 heavy (non-hydrogen) atoms. The van der Waals surface area contributed by atoms with E-state index in [1.54, 1.807) is 49.4 Å². The van der Waals surface area contributed by atoms with E-state index in [2.05, 4.69) is 11.9 Å². The molecule has 7 nitrogen and oxygen atoms in total. The molecule has 8 heteroatoms. The van der Waals surface area contributed by atoms with Crippen LogP contribution >= 0.6 is 0 Å². The Bertz CT molecular complexity index is 1450. The van der Waals surface area contributed by atoms with Crippen molar-refractivity contribution in [3.8, 4) is 0 Å². The lowest BCUT2D eigenvalue weighted by Gasteiger charge is -2.30. The van der Waals surface area contributed by atoms with Gasteiger partial charge in [0.1, 0.15) is 24.4 Å². The Morgan fingerprint density at radius 3 is 2.56 bits per heavy atom. The lowest BCUT2D eigenvalue weighted by molar-refractivity contribution is -0.138. The minimum absolute atomic E-state index is 0.0515. The van der Waals surface area contributed by atoms with Crippen LogP contribution in [-0.2, 0) is 19.1 Å². The third-order valence-corrected chi connectivity index (χ3v) is 5.68. The number of nitrogens with one attached hydrogen (secondary N) is 1. The van der Waals surface area contributed by atoms with E-state index in [1.807, 2.05) is 0 Å². The van der Waals surface area contributed by atoms with Crippen molar-refractivity contribution in [1.29, 1.82) is 0 Å². The van der Waals surface area contributed by atoms with E-state index < -0.39 is 24.5 Å². The molecule has 0 radical (unpaired) electrons. The molecule has 1 aliphatic rings. The summed E-state index contributed by atoms with van der Waals surface area (Å²) in [4.78, 5) is 39.1. The van der Waals surface area contributed by atoms with E-state index in [1.165, 1.54) is 13.2 Å². The minimum Gasteiger partial charge on any atom is -0.466 e. The van der Waals surface area contributed by atoms with Crippen LogP contribution in [-0.4, -0.2) is 32.3 Å². The topological polar surface area (TPSA) is 94.8 Å². The lowest BCUT2D eigenvalue weighted by atomic mass is 9.79. The Balaban J connectivity index is 2.08. The van der Waals surface area contributed by atoms with Gasteiger partial charge in [0.05, 0.1) is 40.6 Å². The van der Waals surface area contributed by atoms with Crippen LogP contribution < -0.4 is 10.7 Å². The van der Waals surface area contributed by atoms with Crippen LogP contribution in [0.25, 0.3) is 21.9 Å². The number of halogens is 1. The highest BCUT2D eigenvalue weighted by Crippen LogP contribution is 2.42. The fraction of sp³-hybridized carbons (Fsp3) is 0.192. The summed E-state index contributed by atoms with van der Waals surface area (Å²) in [7, 11) is 1.21. The van der Waals surface area contributed by atoms with Crippen LogP contribution in [0.3, 0.4) is 0 Å². The smallest absolute Gasteiger partial charge is 0.337 e. The average molecular weight is 463 g/mol. The van der Waals surface area contributed by atoms with Gasteiger partial charge in [0.15, 0.2) is 0 Å². The molecule has 3 aromatic rings. The number of allylic oxidation sites excluding steroid dienone is 2. The van der Waals surface area contributed by atoms with Gasteiger partial charge in [-0.15, -0.1) is 0 Å². The number of hydrogen-bond acceptors (Lipinski definition) is 7. The molecule has 0 saturated heterocycles. The Morgan fingerprint density at radius 1 is 1.12 bits per heavy atom. The highest BCUT2D eigenvalue weighted by atomic mass is 19.1. The SMILES string of the molecule is C=CCOC(=O)C1=C(CF)NC(C)=C(C(=O)OC)C1c1cccc2c(=O)c3ccccc3oc12. The maximum absolute atomic E-state index is 14.1. The number of ether oxygens (including phenoxy) is 2. The standard InChI is InChI=1S/C26H22FNO6/c1-4-12-33-26(31)22-18(13-27)28-14(2)20(25(30)32-3)21(22)16-9-7-10-17-23(29)15-8-5-6-11-19(15)34-24(16)17/h4-11,21,28H,1,12-13H2,2-3H3. The molecule has 1 aliphatic heterocycles. The van der Waals surface area contributed by atoms with Crippen molar-refractivity contribution in [2.75, 3.05) is 20.4 Å². The summed E-state index contributed by atoms with van der Waals surface area (Å²) in [5.74, 6) is -2.66. The summed E-state index contributed by atoms with van der Waals surface area (Å²) in [6.07, 6.45) is 1.38. The van der Waals surface area contributed by atoms with Gasteiger partial charge in [-0.2, -0.15) is 0 Å². The van der Waals surface area contributed by atoms with Gasteiger partial charge in [-0.25, -0.2) is 14.0 Å². The number of benzene rings is 2. The van der Waals surface area contributed by atoms with Gasteiger partial charge in [0.25, 0.3) is 0 Å². The first-order chi connectivity index (χ1) is 16.4. The molecule has 0 aliphatic carbocycles. The van der Waals surface area contributed by atoms with Crippen molar-refractivity contribution in [3.63, 3.8) is 0 Å². The van der Waals surface area contributed by atoms with Crippen molar-refractivity contribution < 1.29 is 27.9 Å². The molecule has 2 aromatic carbocycles. The van der Waals surface area contributed by atoms with Gasteiger partial charge >= 0.3 is 11.9 Å². The van der Waals surface area contributed by atoms with E-state index >= 15 is 0 Å². The first-order valence-corrected chi connectivity index (χ1v) is 10.5. The molecular weight excluding hydrogens is 441 g/mol. The summed E-state index contributed by atoms with van der Waals surface area (Å²) in [6.45, 7) is 3.98. The number of carbonyl (C=O) groups excluding carboxylic acids is 2. The van der Waals surface area contributed by atoms with Gasteiger partial charge in [-0.05, 0) is 25.1 Å². The highest BCUT2D eigenvalue weighted by Gasteiger charge is 2.40. The molecule has 2 heterocycles. The number of dihydropyridines is 1. The first kappa shape index (κ1) is 23.0. The molecule has 4 rings (SSSR count). The van der Waals surface area contributed by atoms with Crippen LogP contribution in [0, 0.1) is 0 Å². The molecular formula is C26H22FNO6. The van der Waals surface area contributed by atoms with Crippen LogP contribution in [0.5, 0.6) is 0 Å². The van der Waals surface area contributed by atoms with Crippen LogP contribution in [0.15, 0.2) is 86.9 Å². The molecule has 0 fully saturated rings. The van der Waals surface area contributed by atoms with Gasteiger partial charge in [-0.1, -0.05) is 36.9 Å². The summed E-state index contributed by atoms with van der Waals surface area (Å²) < 4.78 is 30.4. The fourth-order valence-electron chi connectivity index (χ4n) is 4.22. The second kappa shape index (κ2) is 9.35. The second-order valence-electron chi connectivity index (χ2n) is 7.65. The molecule has 0 amide bonds. The average Bonchev–Trinajstić information content (AvgIpc) is 2.86. The van der Waals surface area contributed by atoms with Gasteiger partial charge in [0.2, 0.25) is 5.43 Å². The fourth-order valence-corrected chi connectivity index (χ4v) is 4.22. The van der Waals surface area contributed by atoms with Gasteiger partial charge in [-0.3, -0.25) is 4.79 Å². The monoisotopic (exact) mass is 463 g/mol. The molecule has 1 atom stereocenters. The zero-order valence-electron chi connectivity index (χ0n) is 18.6. The van der Waals surface area contributed by atoms with E-state index in [9.17, 15) is 18.8 Å². The van der Waals surface area contributed by atoms with Gasteiger partial charge < -0.3 is 19.2 Å². The van der Waals surface area contributed by atoms with Crippen molar-refractivity contribution in [2.45, 2.75) is 12.8 Å². The summed E-state index contributed by atoms with van der Waals surface area (Å²) in [6, 6.07) is 11.6. The number of alkyl halides is 1. The number of rotatable bonds is 6. The largest absolute Gasteiger partial charge is 0.466 e. The van der Waals surface area contributed by atoms with Crippen molar-refractivity contribution in [2.24, 2.45) is 0 Å². The Morgan fingerprint density at radius 2 is 1.85 bits per heavy atom. The zero-order valence-corrected chi connectivity index (χ0v) is 18.6.